The highest BCUT2D eigenvalue weighted by Crippen LogP contribution is 2.21. The van der Waals surface area contributed by atoms with E-state index in [0.717, 1.165) is 5.56 Å². The second-order valence-electron chi connectivity index (χ2n) is 6.64. The van der Waals surface area contributed by atoms with E-state index in [1.807, 2.05) is 19.1 Å². The molecule has 1 heterocycles. The summed E-state index contributed by atoms with van der Waals surface area (Å²) in [6.07, 6.45) is -1.92. The zero-order valence-electron chi connectivity index (χ0n) is 16.9. The van der Waals surface area contributed by atoms with Gasteiger partial charge in [-0.15, -0.1) is 0 Å². The van der Waals surface area contributed by atoms with Crippen LogP contribution in [0.4, 0.5) is 0 Å². The molecule has 0 saturated heterocycles. The topological polar surface area (TPSA) is 94.7 Å². The van der Waals surface area contributed by atoms with Crippen LogP contribution < -0.4 is 4.74 Å². The van der Waals surface area contributed by atoms with E-state index >= 15 is 0 Å². The third-order valence-electron chi connectivity index (χ3n) is 4.37. The summed E-state index contributed by atoms with van der Waals surface area (Å²) in [7, 11) is 1.27. The van der Waals surface area contributed by atoms with Gasteiger partial charge in [-0.1, -0.05) is 12.1 Å². The van der Waals surface area contributed by atoms with E-state index in [9.17, 15) is 14.4 Å². The lowest BCUT2D eigenvalue weighted by Gasteiger charge is -2.17. The fourth-order valence-corrected chi connectivity index (χ4v) is 2.87. The Balaban J connectivity index is 2.07. The van der Waals surface area contributed by atoms with Gasteiger partial charge in [0.25, 0.3) is 0 Å². The number of benzene rings is 1. The predicted molar refractivity (Wildman–Crippen MR) is 103 cm³/mol. The quantitative estimate of drug-likeness (QED) is 0.579. The van der Waals surface area contributed by atoms with E-state index < -0.39 is 29.9 Å². The van der Waals surface area contributed by atoms with Crippen LogP contribution in [0.3, 0.4) is 0 Å². The SMILES string of the molecule is COC(=O)c1c(C)[nH]c(C(=O)[C@H](C)OC(=O)[C@@H](C)Oc2cccc(C)c2)c1C. The van der Waals surface area contributed by atoms with Gasteiger partial charge >= 0.3 is 11.9 Å². The van der Waals surface area contributed by atoms with Crippen molar-refractivity contribution in [1.29, 1.82) is 0 Å². The van der Waals surface area contributed by atoms with Gasteiger partial charge in [-0.3, -0.25) is 4.79 Å². The number of aromatic amines is 1. The second-order valence-corrected chi connectivity index (χ2v) is 6.64. The van der Waals surface area contributed by atoms with Gasteiger partial charge in [0, 0.05) is 5.69 Å². The van der Waals surface area contributed by atoms with Crippen molar-refractivity contribution in [3.63, 3.8) is 0 Å². The van der Waals surface area contributed by atoms with Crippen LogP contribution in [-0.4, -0.2) is 42.0 Å². The first-order chi connectivity index (χ1) is 13.1. The van der Waals surface area contributed by atoms with E-state index in [1.54, 1.807) is 32.9 Å². The Kier molecular flexibility index (Phi) is 6.62. The predicted octanol–water partition coefficient (Wildman–Crippen LogP) is 3.31. The van der Waals surface area contributed by atoms with Crippen molar-refractivity contribution in [2.45, 2.75) is 46.8 Å². The first-order valence-corrected chi connectivity index (χ1v) is 8.91. The van der Waals surface area contributed by atoms with Gasteiger partial charge in [-0.25, -0.2) is 9.59 Å². The molecule has 150 valence electrons. The van der Waals surface area contributed by atoms with Gasteiger partial charge in [-0.2, -0.15) is 0 Å². The van der Waals surface area contributed by atoms with Crippen LogP contribution >= 0.6 is 0 Å². The number of carbonyl (C=O) groups excluding carboxylic acids is 3. The lowest BCUT2D eigenvalue weighted by Crippen LogP contribution is -2.33. The summed E-state index contributed by atoms with van der Waals surface area (Å²) in [6, 6.07) is 7.28. The van der Waals surface area contributed by atoms with Crippen LogP contribution in [0.5, 0.6) is 5.75 Å². The molecular weight excluding hydrogens is 362 g/mol. The molecule has 0 amide bonds. The second kappa shape index (κ2) is 8.73. The summed E-state index contributed by atoms with van der Waals surface area (Å²) in [5.74, 6) is -1.08. The number of H-pyrrole nitrogens is 1. The minimum absolute atomic E-state index is 0.213. The Hall–Kier alpha value is -3.09. The molecule has 0 radical (unpaired) electrons. The van der Waals surface area contributed by atoms with Crippen LogP contribution in [0, 0.1) is 20.8 Å². The highest BCUT2D eigenvalue weighted by atomic mass is 16.6. The number of nitrogens with one attached hydrogen (secondary N) is 1. The maximum Gasteiger partial charge on any atom is 0.347 e. The van der Waals surface area contributed by atoms with Gasteiger partial charge in [0.15, 0.2) is 12.2 Å². The molecule has 2 atom stereocenters. The largest absolute Gasteiger partial charge is 0.479 e. The number of rotatable bonds is 7. The van der Waals surface area contributed by atoms with Crippen LogP contribution in [0.2, 0.25) is 0 Å². The number of Topliss-reactive ketones (excluding diaryl/α,β-unsaturated/α-hetero) is 1. The number of aryl methyl sites for hydroxylation is 2. The summed E-state index contributed by atoms with van der Waals surface area (Å²) in [4.78, 5) is 39.8. The van der Waals surface area contributed by atoms with Crippen LogP contribution in [0.1, 0.15) is 51.5 Å². The highest BCUT2D eigenvalue weighted by molar-refractivity contribution is 6.04. The average molecular weight is 387 g/mol. The normalized spacial score (nSPS) is 12.8. The number of methoxy groups -OCH3 is 1. The minimum Gasteiger partial charge on any atom is -0.479 e. The molecule has 1 aromatic carbocycles. The van der Waals surface area contributed by atoms with Crippen molar-refractivity contribution in [2.75, 3.05) is 7.11 Å². The van der Waals surface area contributed by atoms with Gasteiger partial charge in [0.05, 0.1) is 18.4 Å². The van der Waals surface area contributed by atoms with Gasteiger partial charge < -0.3 is 19.2 Å². The lowest BCUT2D eigenvalue weighted by atomic mass is 10.1. The molecule has 0 aliphatic heterocycles. The molecule has 0 unspecified atom stereocenters. The summed E-state index contributed by atoms with van der Waals surface area (Å²) in [5.41, 5.74) is 2.50. The molecule has 7 heteroatoms. The molecule has 28 heavy (non-hydrogen) atoms. The number of carbonyl (C=O) groups is 3. The molecule has 0 saturated carbocycles. The average Bonchev–Trinajstić information content (AvgIpc) is 2.94. The Bertz CT molecular complexity index is 898. The van der Waals surface area contributed by atoms with Crippen LogP contribution in [0.25, 0.3) is 0 Å². The number of ketones is 1. The zero-order valence-corrected chi connectivity index (χ0v) is 16.9. The number of ether oxygens (including phenoxy) is 3. The molecule has 1 aromatic heterocycles. The lowest BCUT2D eigenvalue weighted by molar-refractivity contribution is -0.153. The standard InChI is InChI=1S/C21H25NO6/c1-11-8-7-9-16(10-11)27-15(5)20(24)28-14(4)19(23)18-12(2)17(13(3)22-18)21(25)26-6/h7-10,14-15,22H,1-6H3/t14-,15+/m0/s1. The van der Waals surface area contributed by atoms with Crippen molar-refractivity contribution < 1.29 is 28.6 Å². The summed E-state index contributed by atoms with van der Waals surface area (Å²) >= 11 is 0. The molecule has 0 aliphatic rings. The Morgan fingerprint density at radius 2 is 1.71 bits per heavy atom. The molecule has 2 aromatic rings. The van der Waals surface area contributed by atoms with Crippen molar-refractivity contribution in [3.05, 3.63) is 52.3 Å². The molecular formula is C21H25NO6. The Morgan fingerprint density at radius 3 is 2.32 bits per heavy atom. The van der Waals surface area contributed by atoms with Gasteiger partial charge in [0.2, 0.25) is 5.78 Å². The van der Waals surface area contributed by atoms with E-state index in [1.165, 1.54) is 14.0 Å². The number of aromatic nitrogens is 1. The van der Waals surface area contributed by atoms with Crippen molar-refractivity contribution in [3.8, 4) is 5.75 Å². The molecule has 7 nitrogen and oxygen atoms in total. The number of hydrogen-bond donors (Lipinski definition) is 1. The Morgan fingerprint density at radius 1 is 1.04 bits per heavy atom. The molecule has 0 fully saturated rings. The first kappa shape index (κ1) is 21.2. The van der Waals surface area contributed by atoms with Crippen molar-refractivity contribution >= 4 is 17.7 Å². The monoisotopic (exact) mass is 387 g/mol. The van der Waals surface area contributed by atoms with Crippen molar-refractivity contribution in [1.82, 2.24) is 4.98 Å². The fraction of sp³-hybridized carbons (Fsp3) is 0.381. The maximum absolute atomic E-state index is 12.7. The molecule has 0 spiro atoms. The van der Waals surface area contributed by atoms with E-state index in [2.05, 4.69) is 4.98 Å². The maximum atomic E-state index is 12.7. The van der Waals surface area contributed by atoms with E-state index in [0.29, 0.717) is 22.6 Å². The zero-order chi connectivity index (χ0) is 21.0. The third-order valence-corrected chi connectivity index (χ3v) is 4.37. The molecule has 2 rings (SSSR count). The molecule has 0 aliphatic carbocycles. The van der Waals surface area contributed by atoms with Crippen LogP contribution in [-0.2, 0) is 14.3 Å². The van der Waals surface area contributed by atoms with Crippen molar-refractivity contribution in [2.24, 2.45) is 0 Å². The summed E-state index contributed by atoms with van der Waals surface area (Å²) < 4.78 is 15.6. The Labute approximate surface area is 164 Å². The number of hydrogen-bond acceptors (Lipinski definition) is 6. The number of esters is 2. The highest BCUT2D eigenvalue weighted by Gasteiger charge is 2.29. The third kappa shape index (κ3) is 4.60. The minimum atomic E-state index is -1.04. The van der Waals surface area contributed by atoms with E-state index in [-0.39, 0.29) is 5.69 Å². The summed E-state index contributed by atoms with van der Waals surface area (Å²) in [5, 5.41) is 0. The summed E-state index contributed by atoms with van der Waals surface area (Å²) in [6.45, 7) is 8.26. The van der Waals surface area contributed by atoms with E-state index in [4.69, 9.17) is 14.2 Å². The molecule has 0 bridgehead atoms. The van der Waals surface area contributed by atoms with Gasteiger partial charge in [0.1, 0.15) is 5.75 Å². The van der Waals surface area contributed by atoms with Crippen LogP contribution in [0.15, 0.2) is 24.3 Å². The van der Waals surface area contributed by atoms with Gasteiger partial charge in [-0.05, 0) is 57.9 Å². The first-order valence-electron chi connectivity index (χ1n) is 8.91. The molecule has 1 N–H and O–H groups in total. The smallest absolute Gasteiger partial charge is 0.347 e. The fourth-order valence-electron chi connectivity index (χ4n) is 2.87.